The molecule has 0 bridgehead atoms. The summed E-state index contributed by atoms with van der Waals surface area (Å²) in [5.74, 6) is -0.117. The highest BCUT2D eigenvalue weighted by Crippen LogP contribution is 2.33. The number of fused-ring (bicyclic) bond motifs is 2. The van der Waals surface area contributed by atoms with Gasteiger partial charge in [0.25, 0.3) is 0 Å². The number of hydrogen-bond donors (Lipinski definition) is 0. The molecule has 0 saturated carbocycles. The molecule has 0 saturated heterocycles. The van der Waals surface area contributed by atoms with Crippen LogP contribution in [0.5, 0.6) is 0 Å². The van der Waals surface area contributed by atoms with E-state index in [9.17, 15) is 9.18 Å². The molecule has 4 rings (SSSR count). The minimum absolute atomic E-state index is 0.00827. The van der Waals surface area contributed by atoms with E-state index < -0.39 is 11.5 Å². The van der Waals surface area contributed by atoms with Crippen molar-refractivity contribution >= 4 is 39.8 Å². The van der Waals surface area contributed by atoms with Gasteiger partial charge in [0.1, 0.15) is 11.4 Å². The van der Waals surface area contributed by atoms with Crippen molar-refractivity contribution in [1.82, 2.24) is 14.2 Å². The normalized spacial score (nSPS) is 11.7. The fraction of sp³-hybridized carbons (Fsp3) is 0.0667. The van der Waals surface area contributed by atoms with Crippen LogP contribution in [0.2, 0.25) is 10.0 Å². The summed E-state index contributed by atoms with van der Waals surface area (Å²) in [5.41, 5.74) is 0.111. The van der Waals surface area contributed by atoms with Crippen molar-refractivity contribution in [3.05, 3.63) is 62.6 Å². The molecule has 0 N–H and O–H groups in total. The molecule has 0 spiro atoms. The molecule has 0 aliphatic heterocycles. The van der Waals surface area contributed by atoms with E-state index in [1.54, 1.807) is 25.1 Å². The molecule has 4 aromatic rings. The highest BCUT2D eigenvalue weighted by Gasteiger charge is 2.20. The fourth-order valence-electron chi connectivity index (χ4n) is 2.55. The van der Waals surface area contributed by atoms with Crippen LogP contribution >= 0.6 is 23.2 Å². The number of halogens is 3. The van der Waals surface area contributed by atoms with Gasteiger partial charge in [0.2, 0.25) is 0 Å². The van der Waals surface area contributed by atoms with Gasteiger partial charge in [-0.1, -0.05) is 23.2 Å². The second-order valence-corrected chi connectivity index (χ2v) is 5.90. The molecule has 0 fully saturated rings. The molecule has 0 atom stereocenters. The van der Waals surface area contributed by atoms with Crippen molar-refractivity contribution in [3.63, 3.8) is 0 Å². The second-order valence-electron chi connectivity index (χ2n) is 5.06. The smallest absolute Gasteiger partial charge is 0.355 e. The summed E-state index contributed by atoms with van der Waals surface area (Å²) in [4.78, 5) is 12.5. The van der Waals surface area contributed by atoms with Gasteiger partial charge in [-0.15, -0.1) is 5.10 Å². The Balaban J connectivity index is 2.15. The van der Waals surface area contributed by atoms with Gasteiger partial charge >= 0.3 is 5.69 Å². The van der Waals surface area contributed by atoms with E-state index in [1.165, 1.54) is 10.6 Å². The molecule has 5 nitrogen and oxygen atoms in total. The topological polar surface area (TPSA) is 52.4 Å². The summed E-state index contributed by atoms with van der Waals surface area (Å²) in [5, 5.41) is 5.04. The highest BCUT2D eigenvalue weighted by molar-refractivity contribution is 6.35. The van der Waals surface area contributed by atoms with Gasteiger partial charge in [0, 0.05) is 6.20 Å². The van der Waals surface area contributed by atoms with E-state index in [2.05, 4.69) is 5.10 Å². The molecule has 0 aliphatic rings. The zero-order chi connectivity index (χ0) is 16.3. The van der Waals surface area contributed by atoms with Crippen LogP contribution in [0.1, 0.15) is 5.76 Å². The number of hydrogen-bond acceptors (Lipinski definition) is 3. The Morgan fingerprint density at radius 2 is 2.04 bits per heavy atom. The largest absolute Gasteiger partial charge is 0.460 e. The van der Waals surface area contributed by atoms with Crippen molar-refractivity contribution in [2.75, 3.05) is 0 Å². The Morgan fingerprint density at radius 1 is 1.26 bits per heavy atom. The predicted molar refractivity (Wildman–Crippen MR) is 85.3 cm³/mol. The van der Waals surface area contributed by atoms with Crippen molar-refractivity contribution in [3.8, 4) is 5.69 Å². The maximum absolute atomic E-state index is 14.5. The highest BCUT2D eigenvalue weighted by atomic mass is 35.5. The lowest BCUT2D eigenvalue weighted by molar-refractivity contribution is 0.575. The third-order valence-electron chi connectivity index (χ3n) is 3.50. The summed E-state index contributed by atoms with van der Waals surface area (Å²) in [6, 6.07) is 5.89. The molecule has 116 valence electrons. The van der Waals surface area contributed by atoms with Crippen LogP contribution in [-0.2, 0) is 0 Å². The number of benzene rings is 1. The number of pyridine rings is 1. The first-order valence-corrected chi connectivity index (χ1v) is 7.37. The number of aromatic nitrogens is 3. The van der Waals surface area contributed by atoms with Crippen molar-refractivity contribution in [2.45, 2.75) is 6.92 Å². The zero-order valence-electron chi connectivity index (χ0n) is 11.7. The summed E-state index contributed by atoms with van der Waals surface area (Å²) in [7, 11) is 0. The molecule has 3 heterocycles. The van der Waals surface area contributed by atoms with Gasteiger partial charge in [-0.25, -0.2) is 13.6 Å². The molecule has 8 heteroatoms. The lowest BCUT2D eigenvalue weighted by Crippen LogP contribution is -2.20. The SMILES string of the molecule is Cc1cc2c(-n3nc4ccc(Cl)cn4c3=O)c(F)cc(Cl)c2o1. The molecular weight excluding hydrogens is 344 g/mol. The van der Waals surface area contributed by atoms with Crippen LogP contribution in [0.4, 0.5) is 4.39 Å². The minimum atomic E-state index is -0.667. The maximum Gasteiger partial charge on any atom is 0.355 e. The summed E-state index contributed by atoms with van der Waals surface area (Å²) >= 11 is 11.9. The summed E-state index contributed by atoms with van der Waals surface area (Å²) in [6.45, 7) is 1.71. The molecule has 0 radical (unpaired) electrons. The van der Waals surface area contributed by atoms with E-state index in [1.807, 2.05) is 0 Å². The third kappa shape index (κ3) is 2.06. The first-order valence-electron chi connectivity index (χ1n) is 6.61. The summed E-state index contributed by atoms with van der Waals surface area (Å²) < 4.78 is 22.2. The van der Waals surface area contributed by atoms with Crippen LogP contribution in [0.25, 0.3) is 22.3 Å². The van der Waals surface area contributed by atoms with E-state index in [0.717, 1.165) is 10.7 Å². The molecule has 1 aromatic carbocycles. The lowest BCUT2D eigenvalue weighted by Gasteiger charge is -2.04. The molecule has 0 unspecified atom stereocenters. The quantitative estimate of drug-likeness (QED) is 0.521. The van der Waals surface area contributed by atoms with Crippen LogP contribution in [0.3, 0.4) is 0 Å². The first kappa shape index (κ1) is 14.3. The monoisotopic (exact) mass is 351 g/mol. The lowest BCUT2D eigenvalue weighted by atomic mass is 10.2. The Morgan fingerprint density at radius 3 is 2.83 bits per heavy atom. The Labute approximate surface area is 138 Å². The average Bonchev–Trinajstić information content (AvgIpc) is 3.02. The predicted octanol–water partition coefficient (Wildman–Crippen LogP) is 3.99. The van der Waals surface area contributed by atoms with Gasteiger partial charge in [-0.05, 0) is 31.2 Å². The first-order chi connectivity index (χ1) is 11.0. The Hall–Kier alpha value is -2.31. The number of aryl methyl sites for hydroxylation is 1. The van der Waals surface area contributed by atoms with E-state index in [0.29, 0.717) is 27.4 Å². The van der Waals surface area contributed by atoms with Crippen molar-refractivity contribution in [2.24, 2.45) is 0 Å². The second kappa shape index (κ2) is 4.84. The van der Waals surface area contributed by atoms with Gasteiger partial charge < -0.3 is 4.42 Å². The molecule has 23 heavy (non-hydrogen) atoms. The third-order valence-corrected chi connectivity index (χ3v) is 4.00. The van der Waals surface area contributed by atoms with Crippen LogP contribution in [-0.4, -0.2) is 14.2 Å². The number of rotatable bonds is 1. The van der Waals surface area contributed by atoms with Gasteiger partial charge in [0.15, 0.2) is 17.0 Å². The molecule has 3 aromatic heterocycles. The van der Waals surface area contributed by atoms with E-state index >= 15 is 0 Å². The molecule has 0 amide bonds. The van der Waals surface area contributed by atoms with Crippen molar-refractivity contribution < 1.29 is 8.81 Å². The van der Waals surface area contributed by atoms with E-state index in [4.69, 9.17) is 27.6 Å². The van der Waals surface area contributed by atoms with Gasteiger partial charge in [-0.3, -0.25) is 0 Å². The van der Waals surface area contributed by atoms with Gasteiger partial charge in [0.05, 0.1) is 15.4 Å². The van der Waals surface area contributed by atoms with Crippen LogP contribution < -0.4 is 5.69 Å². The van der Waals surface area contributed by atoms with Crippen molar-refractivity contribution in [1.29, 1.82) is 0 Å². The van der Waals surface area contributed by atoms with Gasteiger partial charge in [-0.2, -0.15) is 4.68 Å². The zero-order valence-corrected chi connectivity index (χ0v) is 13.2. The van der Waals surface area contributed by atoms with E-state index in [-0.39, 0.29) is 10.7 Å². The maximum atomic E-state index is 14.5. The standard InChI is InChI=1S/C15H8Cl2FN3O2/c1-7-4-9-13(11(18)5-10(17)14(9)23-7)21-15(22)20-6-8(16)2-3-12(20)19-21/h2-6H,1H3. The Bertz CT molecular complexity index is 1140. The summed E-state index contributed by atoms with van der Waals surface area (Å²) in [6.07, 6.45) is 1.42. The number of nitrogens with zero attached hydrogens (tertiary/aromatic N) is 3. The fourth-order valence-corrected chi connectivity index (χ4v) is 2.95. The Kier molecular flexibility index (Phi) is 3.01. The minimum Gasteiger partial charge on any atom is -0.460 e. The van der Waals surface area contributed by atoms with Crippen LogP contribution in [0.15, 0.2) is 39.7 Å². The molecular formula is C15H8Cl2FN3O2. The number of furan rings is 1. The van der Waals surface area contributed by atoms with Crippen LogP contribution in [0, 0.1) is 12.7 Å². The molecule has 0 aliphatic carbocycles. The average molecular weight is 352 g/mol.